The van der Waals surface area contributed by atoms with Gasteiger partial charge in [0.05, 0.1) is 0 Å². The third-order valence-corrected chi connectivity index (χ3v) is 6.03. The minimum Gasteiger partial charge on any atom is -0.346 e. The number of aromatic nitrogens is 2. The fraction of sp³-hybridized carbons (Fsp3) is 0.346. The quantitative estimate of drug-likeness (QED) is 0.622. The third-order valence-electron chi connectivity index (χ3n) is 6.03. The fourth-order valence-corrected chi connectivity index (χ4v) is 4.29. The highest BCUT2D eigenvalue weighted by Gasteiger charge is 2.18. The van der Waals surface area contributed by atoms with Crippen LogP contribution in [0.15, 0.2) is 59.4 Å². The van der Waals surface area contributed by atoms with E-state index in [2.05, 4.69) is 34.4 Å². The highest BCUT2D eigenvalue weighted by atomic mass is 19.1. The molecular weight excluding hydrogens is 419 g/mol. The van der Waals surface area contributed by atoms with Crippen molar-refractivity contribution in [3.8, 4) is 5.69 Å². The van der Waals surface area contributed by atoms with E-state index < -0.39 is 17.2 Å². The molecule has 0 saturated carbocycles. The highest BCUT2D eigenvalue weighted by molar-refractivity contribution is 5.92. The molecule has 1 saturated heterocycles. The molecule has 1 unspecified atom stereocenters. The molecule has 4 rings (SSSR count). The number of nitrogens with one attached hydrogen (secondary N) is 1. The van der Waals surface area contributed by atoms with Crippen LogP contribution in [0.25, 0.3) is 5.69 Å². The molecule has 33 heavy (non-hydrogen) atoms. The fourth-order valence-electron chi connectivity index (χ4n) is 4.29. The van der Waals surface area contributed by atoms with Crippen LogP contribution in [-0.2, 0) is 13.1 Å². The van der Waals surface area contributed by atoms with Crippen molar-refractivity contribution in [1.29, 1.82) is 0 Å². The first-order chi connectivity index (χ1) is 15.9. The number of benzene rings is 2. The first-order valence-electron chi connectivity index (χ1n) is 11.3. The topological polar surface area (TPSA) is 67.2 Å². The van der Waals surface area contributed by atoms with Gasteiger partial charge in [-0.25, -0.2) is 9.07 Å². The van der Waals surface area contributed by atoms with Crippen LogP contribution in [-0.4, -0.2) is 33.7 Å². The summed E-state index contributed by atoms with van der Waals surface area (Å²) in [7, 11) is 0. The second-order valence-electron chi connectivity index (χ2n) is 8.84. The van der Waals surface area contributed by atoms with Crippen molar-refractivity contribution in [2.24, 2.45) is 5.92 Å². The minimum absolute atomic E-state index is 0.183. The lowest BCUT2D eigenvalue weighted by Crippen LogP contribution is -2.33. The van der Waals surface area contributed by atoms with Crippen LogP contribution in [0.4, 0.5) is 4.39 Å². The van der Waals surface area contributed by atoms with Crippen LogP contribution < -0.4 is 10.7 Å². The second kappa shape index (κ2) is 10.1. The van der Waals surface area contributed by atoms with Gasteiger partial charge in [0.1, 0.15) is 11.5 Å². The van der Waals surface area contributed by atoms with E-state index in [9.17, 15) is 14.0 Å². The maximum Gasteiger partial charge on any atom is 0.276 e. The molecule has 172 valence electrons. The van der Waals surface area contributed by atoms with E-state index >= 15 is 0 Å². The first-order valence-corrected chi connectivity index (χ1v) is 11.3. The smallest absolute Gasteiger partial charge is 0.276 e. The lowest BCUT2D eigenvalue weighted by molar-refractivity contribution is 0.0943. The van der Waals surface area contributed by atoms with Gasteiger partial charge < -0.3 is 5.32 Å². The predicted molar refractivity (Wildman–Crippen MR) is 126 cm³/mol. The van der Waals surface area contributed by atoms with Crippen molar-refractivity contribution in [2.45, 2.75) is 39.8 Å². The molecule has 1 N–H and O–H groups in total. The van der Waals surface area contributed by atoms with E-state index in [1.807, 2.05) is 12.1 Å². The van der Waals surface area contributed by atoms with Gasteiger partial charge in [-0.3, -0.25) is 14.5 Å². The SMILES string of the molecule is Cc1cc(=O)c(C(=O)NCc2ccc(CN3CCCC(C)C3)cc2)nn1-c1ccccc1F. The van der Waals surface area contributed by atoms with Gasteiger partial charge in [0.2, 0.25) is 5.43 Å². The van der Waals surface area contributed by atoms with Crippen LogP contribution in [0.3, 0.4) is 0 Å². The number of hydrogen-bond acceptors (Lipinski definition) is 4. The number of amides is 1. The Morgan fingerprint density at radius 2 is 1.88 bits per heavy atom. The molecule has 2 heterocycles. The number of carbonyl (C=O) groups is 1. The minimum atomic E-state index is -0.587. The molecule has 3 aromatic rings. The molecular formula is C26H29FN4O2. The second-order valence-corrected chi connectivity index (χ2v) is 8.84. The molecule has 0 radical (unpaired) electrons. The Hall–Kier alpha value is -3.32. The Kier molecular flexibility index (Phi) is 6.99. The van der Waals surface area contributed by atoms with Crippen molar-refractivity contribution in [3.63, 3.8) is 0 Å². The molecule has 7 heteroatoms. The summed E-state index contributed by atoms with van der Waals surface area (Å²) in [6.45, 7) is 7.41. The zero-order valence-corrected chi connectivity index (χ0v) is 19.1. The van der Waals surface area contributed by atoms with Gasteiger partial charge in [-0.15, -0.1) is 0 Å². The summed E-state index contributed by atoms with van der Waals surface area (Å²) in [4.78, 5) is 27.6. The van der Waals surface area contributed by atoms with E-state index in [0.29, 0.717) is 5.69 Å². The standard InChI is InChI=1S/C26H29FN4O2/c1-18-6-5-13-30(16-18)17-21-11-9-20(10-12-21)15-28-26(33)25-24(32)14-19(2)31(29-25)23-8-4-3-7-22(23)27/h3-4,7-12,14,18H,5-6,13,15-17H2,1-2H3,(H,28,33). The van der Waals surface area contributed by atoms with Gasteiger partial charge in [-0.2, -0.15) is 5.10 Å². The number of hydrogen-bond donors (Lipinski definition) is 1. The van der Waals surface area contributed by atoms with Crippen LogP contribution in [0.1, 0.15) is 47.1 Å². The molecule has 1 fully saturated rings. The van der Waals surface area contributed by atoms with E-state index in [4.69, 9.17) is 0 Å². The molecule has 1 amide bonds. The van der Waals surface area contributed by atoms with E-state index in [0.717, 1.165) is 31.1 Å². The normalized spacial score (nSPS) is 16.5. The summed E-state index contributed by atoms with van der Waals surface area (Å²) in [5.41, 5.74) is 2.04. The van der Waals surface area contributed by atoms with Gasteiger partial charge in [0.25, 0.3) is 5.91 Å². The zero-order chi connectivity index (χ0) is 23.4. The number of para-hydroxylation sites is 1. The lowest BCUT2D eigenvalue weighted by Gasteiger charge is -2.30. The van der Waals surface area contributed by atoms with Crippen molar-refractivity contribution in [1.82, 2.24) is 20.0 Å². The van der Waals surface area contributed by atoms with Crippen molar-refractivity contribution in [2.75, 3.05) is 13.1 Å². The lowest BCUT2D eigenvalue weighted by atomic mass is 9.99. The molecule has 1 aliphatic rings. The average molecular weight is 449 g/mol. The Morgan fingerprint density at radius 1 is 1.15 bits per heavy atom. The number of rotatable bonds is 6. The summed E-state index contributed by atoms with van der Waals surface area (Å²) in [6, 6.07) is 15.5. The molecule has 1 aliphatic heterocycles. The van der Waals surface area contributed by atoms with E-state index in [1.54, 1.807) is 25.1 Å². The molecule has 0 spiro atoms. The number of carbonyl (C=O) groups excluding carboxylic acids is 1. The summed E-state index contributed by atoms with van der Waals surface area (Å²) < 4.78 is 15.5. The van der Waals surface area contributed by atoms with Crippen molar-refractivity contribution in [3.05, 3.63) is 93.2 Å². The van der Waals surface area contributed by atoms with Gasteiger partial charge in [0.15, 0.2) is 5.69 Å². The summed E-state index contributed by atoms with van der Waals surface area (Å²) in [5.74, 6) is -0.328. The number of piperidine rings is 1. The van der Waals surface area contributed by atoms with E-state index in [-0.39, 0.29) is 17.9 Å². The third kappa shape index (κ3) is 5.54. The number of aryl methyl sites for hydroxylation is 1. The van der Waals surface area contributed by atoms with Crippen molar-refractivity contribution < 1.29 is 9.18 Å². The molecule has 1 aromatic heterocycles. The molecule has 1 atom stereocenters. The van der Waals surface area contributed by atoms with E-state index in [1.165, 1.54) is 35.2 Å². The number of halogens is 1. The van der Waals surface area contributed by atoms with Crippen LogP contribution in [0.2, 0.25) is 0 Å². The molecule has 2 aromatic carbocycles. The van der Waals surface area contributed by atoms with Gasteiger partial charge >= 0.3 is 0 Å². The van der Waals surface area contributed by atoms with Gasteiger partial charge in [-0.05, 0) is 55.5 Å². The zero-order valence-electron chi connectivity index (χ0n) is 19.1. The van der Waals surface area contributed by atoms with Crippen LogP contribution in [0.5, 0.6) is 0 Å². The first kappa shape index (κ1) is 22.9. The highest BCUT2D eigenvalue weighted by Crippen LogP contribution is 2.18. The Labute approximate surface area is 193 Å². The maximum atomic E-state index is 14.2. The Balaban J connectivity index is 1.42. The van der Waals surface area contributed by atoms with Crippen LogP contribution >= 0.6 is 0 Å². The van der Waals surface area contributed by atoms with Crippen LogP contribution in [0, 0.1) is 18.7 Å². The largest absolute Gasteiger partial charge is 0.346 e. The summed E-state index contributed by atoms with van der Waals surface area (Å²) >= 11 is 0. The van der Waals surface area contributed by atoms with Crippen molar-refractivity contribution >= 4 is 5.91 Å². The van der Waals surface area contributed by atoms with Gasteiger partial charge in [-0.1, -0.05) is 43.3 Å². The average Bonchev–Trinajstić information content (AvgIpc) is 2.79. The Bertz CT molecular complexity index is 1190. The Morgan fingerprint density at radius 3 is 2.61 bits per heavy atom. The summed E-state index contributed by atoms with van der Waals surface area (Å²) in [5, 5.41) is 6.90. The molecule has 6 nitrogen and oxygen atoms in total. The predicted octanol–water partition coefficient (Wildman–Crippen LogP) is 3.84. The van der Waals surface area contributed by atoms with Gasteiger partial charge in [0, 0.05) is 31.4 Å². The molecule has 0 bridgehead atoms. The molecule has 0 aliphatic carbocycles. The summed E-state index contributed by atoms with van der Waals surface area (Å²) in [6.07, 6.45) is 2.55. The maximum absolute atomic E-state index is 14.2. The number of likely N-dealkylation sites (tertiary alicyclic amines) is 1. The monoisotopic (exact) mass is 448 g/mol. The number of nitrogens with zero attached hydrogens (tertiary/aromatic N) is 3.